The van der Waals surface area contributed by atoms with Gasteiger partial charge in [-0.15, -0.1) is 0 Å². The number of carbonyl (C=O) groups excluding carboxylic acids is 2. The van der Waals surface area contributed by atoms with Gasteiger partial charge in [0.05, 0.1) is 50.3 Å². The molecule has 7 nitrogen and oxygen atoms in total. The molecule has 0 bridgehead atoms. The minimum Gasteiger partial charge on any atom is -0.497 e. The SMILES string of the molecule is COc1ccc(OC)c(C2C(C#N)C(C=O)NC(C=O)C2C#N)c1. The van der Waals surface area contributed by atoms with Crippen molar-refractivity contribution in [2.24, 2.45) is 11.8 Å². The van der Waals surface area contributed by atoms with Crippen LogP contribution in [0.5, 0.6) is 11.5 Å². The number of carbonyl (C=O) groups is 2. The molecule has 4 unspecified atom stereocenters. The zero-order valence-corrected chi connectivity index (χ0v) is 13.3. The molecule has 0 radical (unpaired) electrons. The van der Waals surface area contributed by atoms with E-state index in [4.69, 9.17) is 9.47 Å². The number of methoxy groups -OCH3 is 2. The second-order valence-corrected chi connectivity index (χ2v) is 5.43. The number of benzene rings is 1. The van der Waals surface area contributed by atoms with Crippen LogP contribution in [0, 0.1) is 34.5 Å². The van der Waals surface area contributed by atoms with Crippen LogP contribution < -0.4 is 14.8 Å². The zero-order chi connectivity index (χ0) is 17.7. The van der Waals surface area contributed by atoms with Crippen molar-refractivity contribution in [1.82, 2.24) is 5.32 Å². The molecule has 1 saturated heterocycles. The molecule has 1 aliphatic heterocycles. The van der Waals surface area contributed by atoms with Crippen molar-refractivity contribution in [2.75, 3.05) is 14.2 Å². The molecule has 4 atom stereocenters. The van der Waals surface area contributed by atoms with E-state index in [0.29, 0.717) is 29.6 Å². The highest BCUT2D eigenvalue weighted by Gasteiger charge is 2.46. The molecule has 1 aromatic carbocycles. The first kappa shape index (κ1) is 17.5. The third-order valence-electron chi connectivity index (χ3n) is 4.32. The zero-order valence-electron chi connectivity index (χ0n) is 13.3. The van der Waals surface area contributed by atoms with E-state index in [2.05, 4.69) is 17.5 Å². The first-order valence-electron chi connectivity index (χ1n) is 7.32. The van der Waals surface area contributed by atoms with Crippen molar-refractivity contribution in [2.45, 2.75) is 18.0 Å². The van der Waals surface area contributed by atoms with Crippen LogP contribution in [0.2, 0.25) is 0 Å². The van der Waals surface area contributed by atoms with Crippen LogP contribution in [0.25, 0.3) is 0 Å². The summed E-state index contributed by atoms with van der Waals surface area (Å²) in [6, 6.07) is 7.53. The smallest absolute Gasteiger partial charge is 0.138 e. The number of ether oxygens (including phenoxy) is 2. The summed E-state index contributed by atoms with van der Waals surface area (Å²) in [7, 11) is 2.98. The van der Waals surface area contributed by atoms with Gasteiger partial charge in [0.2, 0.25) is 0 Å². The number of aldehydes is 2. The lowest BCUT2D eigenvalue weighted by atomic mass is 9.69. The van der Waals surface area contributed by atoms with E-state index in [1.807, 2.05) is 0 Å². The molecular weight excluding hydrogens is 310 g/mol. The van der Waals surface area contributed by atoms with Gasteiger partial charge in [-0.2, -0.15) is 10.5 Å². The van der Waals surface area contributed by atoms with Gasteiger partial charge in [0, 0.05) is 11.5 Å². The molecule has 1 heterocycles. The molecular formula is C17H17N3O4. The van der Waals surface area contributed by atoms with E-state index < -0.39 is 29.8 Å². The van der Waals surface area contributed by atoms with E-state index >= 15 is 0 Å². The maximum absolute atomic E-state index is 11.4. The Morgan fingerprint density at radius 2 is 1.62 bits per heavy atom. The molecule has 0 amide bonds. The van der Waals surface area contributed by atoms with Crippen molar-refractivity contribution in [3.05, 3.63) is 23.8 Å². The maximum Gasteiger partial charge on any atom is 0.138 e. The van der Waals surface area contributed by atoms with Gasteiger partial charge in [-0.25, -0.2) is 0 Å². The van der Waals surface area contributed by atoms with Crippen molar-refractivity contribution >= 4 is 12.6 Å². The maximum atomic E-state index is 11.4. The van der Waals surface area contributed by atoms with Crippen LogP contribution in [0.3, 0.4) is 0 Å². The molecule has 124 valence electrons. The third kappa shape index (κ3) is 2.94. The van der Waals surface area contributed by atoms with Crippen molar-refractivity contribution in [3.63, 3.8) is 0 Å². The summed E-state index contributed by atoms with van der Waals surface area (Å²) in [4.78, 5) is 22.7. The Morgan fingerprint density at radius 3 is 2.04 bits per heavy atom. The summed E-state index contributed by atoms with van der Waals surface area (Å²) in [5.41, 5.74) is 0.565. The minimum atomic E-state index is -0.851. The van der Waals surface area contributed by atoms with Crippen LogP contribution in [0.4, 0.5) is 0 Å². The fraction of sp³-hybridized carbons (Fsp3) is 0.412. The van der Waals surface area contributed by atoms with Gasteiger partial charge in [0.15, 0.2) is 0 Å². The Balaban J connectivity index is 2.65. The summed E-state index contributed by atoms with van der Waals surface area (Å²) >= 11 is 0. The highest BCUT2D eigenvalue weighted by atomic mass is 16.5. The van der Waals surface area contributed by atoms with E-state index in [0.717, 1.165) is 0 Å². The van der Waals surface area contributed by atoms with Gasteiger partial charge in [0.25, 0.3) is 0 Å². The summed E-state index contributed by atoms with van der Waals surface area (Å²) < 4.78 is 10.6. The Hall–Kier alpha value is -2.90. The van der Waals surface area contributed by atoms with Crippen LogP contribution in [0.15, 0.2) is 18.2 Å². The van der Waals surface area contributed by atoms with Crippen molar-refractivity contribution in [3.8, 4) is 23.6 Å². The molecule has 7 heteroatoms. The fourth-order valence-electron chi connectivity index (χ4n) is 3.16. The van der Waals surface area contributed by atoms with E-state index in [1.165, 1.54) is 14.2 Å². The largest absolute Gasteiger partial charge is 0.497 e. The average molecular weight is 327 g/mol. The lowest BCUT2D eigenvalue weighted by molar-refractivity contribution is -0.114. The monoisotopic (exact) mass is 327 g/mol. The Morgan fingerprint density at radius 1 is 1.04 bits per heavy atom. The highest BCUT2D eigenvalue weighted by Crippen LogP contribution is 2.43. The molecule has 24 heavy (non-hydrogen) atoms. The molecule has 0 spiro atoms. The van der Waals surface area contributed by atoms with Crippen LogP contribution in [0.1, 0.15) is 11.5 Å². The van der Waals surface area contributed by atoms with Crippen LogP contribution in [-0.4, -0.2) is 38.9 Å². The minimum absolute atomic E-state index is 0.470. The topological polar surface area (TPSA) is 112 Å². The third-order valence-corrected chi connectivity index (χ3v) is 4.32. The molecule has 1 N–H and O–H groups in total. The van der Waals surface area contributed by atoms with Crippen LogP contribution >= 0.6 is 0 Å². The molecule has 1 aromatic rings. The van der Waals surface area contributed by atoms with Gasteiger partial charge in [-0.3, -0.25) is 5.32 Å². The van der Waals surface area contributed by atoms with E-state index in [9.17, 15) is 20.1 Å². The Kier molecular flexibility index (Phi) is 5.51. The standard InChI is InChI=1S/C17H17N3O4/c1-23-10-3-4-16(24-2)11(5-10)17-12(6-18)14(8-21)20-15(9-22)13(17)7-19/h3-5,8-9,12-15,17,20H,1-2H3. The van der Waals surface area contributed by atoms with Crippen molar-refractivity contribution < 1.29 is 19.1 Å². The van der Waals surface area contributed by atoms with Gasteiger partial charge in [-0.05, 0) is 18.2 Å². The number of nitriles is 2. The summed E-state index contributed by atoms with van der Waals surface area (Å²) in [6.45, 7) is 0. The number of piperidine rings is 1. The van der Waals surface area contributed by atoms with Gasteiger partial charge in [-0.1, -0.05) is 0 Å². The summed E-state index contributed by atoms with van der Waals surface area (Å²) in [6.07, 6.45) is 1.19. The molecule has 0 aromatic heterocycles. The average Bonchev–Trinajstić information content (AvgIpc) is 2.65. The quantitative estimate of drug-likeness (QED) is 0.796. The van der Waals surface area contributed by atoms with E-state index in [1.54, 1.807) is 18.2 Å². The molecule has 1 aliphatic rings. The fourth-order valence-corrected chi connectivity index (χ4v) is 3.16. The summed E-state index contributed by atoms with van der Waals surface area (Å²) in [5, 5.41) is 21.9. The van der Waals surface area contributed by atoms with Gasteiger partial charge >= 0.3 is 0 Å². The number of rotatable bonds is 5. The molecule has 0 saturated carbocycles. The summed E-state index contributed by atoms with van der Waals surface area (Å²) in [5.74, 6) is -1.30. The lowest BCUT2D eigenvalue weighted by Crippen LogP contribution is -2.56. The van der Waals surface area contributed by atoms with Crippen molar-refractivity contribution in [1.29, 1.82) is 10.5 Å². The number of nitrogens with zero attached hydrogens (tertiary/aromatic N) is 2. The Labute approximate surface area is 139 Å². The number of nitrogens with one attached hydrogen (secondary N) is 1. The normalized spacial score (nSPS) is 28.9. The number of hydrogen-bond donors (Lipinski definition) is 1. The predicted octanol–water partition coefficient (Wildman–Crippen LogP) is 0.805. The number of hydrogen-bond acceptors (Lipinski definition) is 7. The second-order valence-electron chi connectivity index (χ2n) is 5.43. The highest BCUT2D eigenvalue weighted by molar-refractivity contribution is 5.67. The van der Waals surface area contributed by atoms with Gasteiger partial charge < -0.3 is 19.1 Å². The van der Waals surface area contributed by atoms with Crippen LogP contribution in [-0.2, 0) is 9.59 Å². The predicted molar refractivity (Wildman–Crippen MR) is 83.3 cm³/mol. The molecule has 2 rings (SSSR count). The lowest BCUT2D eigenvalue weighted by Gasteiger charge is -2.39. The first-order valence-corrected chi connectivity index (χ1v) is 7.32. The molecule has 1 fully saturated rings. The van der Waals surface area contributed by atoms with E-state index in [-0.39, 0.29) is 0 Å². The first-order chi connectivity index (χ1) is 11.6. The van der Waals surface area contributed by atoms with Gasteiger partial charge in [0.1, 0.15) is 24.1 Å². The molecule has 0 aliphatic carbocycles. The second kappa shape index (κ2) is 7.58. The Bertz CT molecular complexity index is 675.